The van der Waals surface area contributed by atoms with Gasteiger partial charge >= 0.3 is 6.03 Å². The zero-order valence-corrected chi connectivity index (χ0v) is 17.2. The second kappa shape index (κ2) is 6.10. The minimum Gasteiger partial charge on any atom is -0.386 e. The number of carbonyl (C=O) groups excluding carboxylic acids is 1. The highest BCUT2D eigenvalue weighted by Crippen LogP contribution is 2.51. The zero-order chi connectivity index (χ0) is 19.7. The van der Waals surface area contributed by atoms with Crippen LogP contribution in [0.4, 0.5) is 4.79 Å². The highest BCUT2D eigenvalue weighted by molar-refractivity contribution is 6.31. The van der Waals surface area contributed by atoms with E-state index in [1.807, 2.05) is 27.9 Å². The number of benzene rings is 1. The zero-order valence-electron chi connectivity index (χ0n) is 16.4. The quantitative estimate of drug-likeness (QED) is 0.822. The van der Waals surface area contributed by atoms with Crippen LogP contribution in [0, 0.1) is 11.3 Å². The molecule has 2 amide bonds. The van der Waals surface area contributed by atoms with Crippen molar-refractivity contribution in [2.45, 2.75) is 51.2 Å². The van der Waals surface area contributed by atoms with Crippen LogP contribution in [0.1, 0.15) is 51.2 Å². The van der Waals surface area contributed by atoms with E-state index in [9.17, 15) is 9.90 Å². The number of urea groups is 1. The number of aromatic nitrogens is 2. The summed E-state index contributed by atoms with van der Waals surface area (Å²) in [5.41, 5.74) is 1.64. The molecule has 2 aliphatic heterocycles. The predicted octanol–water partition coefficient (Wildman–Crippen LogP) is 3.67. The summed E-state index contributed by atoms with van der Waals surface area (Å²) in [5.74, 6) is 0.238. The highest BCUT2D eigenvalue weighted by Gasteiger charge is 2.50. The van der Waals surface area contributed by atoms with Crippen LogP contribution < -0.4 is 5.32 Å². The monoisotopic (exact) mass is 402 g/mol. The van der Waals surface area contributed by atoms with E-state index in [1.54, 1.807) is 0 Å². The number of likely N-dealkylation sites (tertiary alicyclic amines) is 1. The fraction of sp³-hybridized carbons (Fsp3) is 0.619. The Morgan fingerprint density at radius 2 is 2.04 bits per heavy atom. The number of nitrogens with one attached hydrogen (secondary N) is 1. The van der Waals surface area contributed by atoms with Crippen molar-refractivity contribution in [1.82, 2.24) is 20.0 Å². The van der Waals surface area contributed by atoms with Crippen molar-refractivity contribution in [2.75, 3.05) is 19.6 Å². The molecule has 7 heteroatoms. The summed E-state index contributed by atoms with van der Waals surface area (Å²) in [7, 11) is 0. The number of rotatable bonds is 3. The van der Waals surface area contributed by atoms with E-state index < -0.39 is 11.6 Å². The molecule has 2 N–H and O–H groups in total. The van der Waals surface area contributed by atoms with Crippen LogP contribution in [0.15, 0.2) is 18.3 Å². The summed E-state index contributed by atoms with van der Waals surface area (Å²) < 4.78 is 1.99. The van der Waals surface area contributed by atoms with Gasteiger partial charge in [-0.1, -0.05) is 18.5 Å². The van der Waals surface area contributed by atoms with E-state index in [-0.39, 0.29) is 11.9 Å². The summed E-state index contributed by atoms with van der Waals surface area (Å²) in [4.78, 5) is 14.4. The van der Waals surface area contributed by atoms with Gasteiger partial charge in [0.25, 0.3) is 0 Å². The van der Waals surface area contributed by atoms with E-state index in [1.165, 1.54) is 12.8 Å². The molecule has 150 valence electrons. The lowest BCUT2D eigenvalue weighted by molar-refractivity contribution is -0.0117. The molecule has 3 aliphatic rings. The molecule has 1 unspecified atom stereocenters. The lowest BCUT2D eigenvalue weighted by Crippen LogP contribution is -2.50. The second-order valence-corrected chi connectivity index (χ2v) is 9.78. The molecule has 1 saturated carbocycles. The summed E-state index contributed by atoms with van der Waals surface area (Å²) in [6, 6.07) is 3.80. The van der Waals surface area contributed by atoms with E-state index in [2.05, 4.69) is 24.3 Å². The van der Waals surface area contributed by atoms with E-state index in [4.69, 9.17) is 11.6 Å². The third-order valence-corrected chi connectivity index (χ3v) is 7.56. The minimum absolute atomic E-state index is 0.0419. The minimum atomic E-state index is -0.641. The summed E-state index contributed by atoms with van der Waals surface area (Å²) in [6.45, 7) is 6.49. The fourth-order valence-corrected chi connectivity index (χ4v) is 5.26. The fourth-order valence-electron chi connectivity index (χ4n) is 5.02. The topological polar surface area (TPSA) is 70.4 Å². The third-order valence-electron chi connectivity index (χ3n) is 7.34. The maximum Gasteiger partial charge on any atom is 0.317 e. The first-order valence-corrected chi connectivity index (χ1v) is 10.6. The molecule has 1 aromatic carbocycles. The number of aliphatic hydroxyl groups excluding tert-OH is 1. The molecule has 1 saturated heterocycles. The normalized spacial score (nSPS) is 28.7. The number of carbonyl (C=O) groups is 1. The highest BCUT2D eigenvalue weighted by atomic mass is 35.5. The van der Waals surface area contributed by atoms with Crippen molar-refractivity contribution < 1.29 is 9.90 Å². The number of hydrogen-bond donors (Lipinski definition) is 2. The molecule has 6 nitrogen and oxygen atoms in total. The van der Waals surface area contributed by atoms with Gasteiger partial charge in [-0.15, -0.1) is 0 Å². The molecule has 5 rings (SSSR count). The van der Waals surface area contributed by atoms with Gasteiger partial charge in [0.2, 0.25) is 0 Å². The van der Waals surface area contributed by atoms with Crippen LogP contribution in [0.5, 0.6) is 0 Å². The molecule has 2 aromatic rings. The van der Waals surface area contributed by atoms with Crippen molar-refractivity contribution in [3.05, 3.63) is 28.9 Å². The molecule has 2 atom stereocenters. The van der Waals surface area contributed by atoms with Gasteiger partial charge < -0.3 is 15.3 Å². The molecule has 0 spiro atoms. The first-order valence-electron chi connectivity index (χ1n) is 10.2. The van der Waals surface area contributed by atoms with Gasteiger partial charge in [0, 0.05) is 35.6 Å². The predicted molar refractivity (Wildman–Crippen MR) is 108 cm³/mol. The number of nitrogens with zero attached hydrogens (tertiary/aromatic N) is 3. The van der Waals surface area contributed by atoms with Crippen molar-refractivity contribution in [3.63, 3.8) is 0 Å². The van der Waals surface area contributed by atoms with Gasteiger partial charge in [0.15, 0.2) is 0 Å². The smallest absolute Gasteiger partial charge is 0.317 e. The maximum absolute atomic E-state index is 12.5. The van der Waals surface area contributed by atoms with Crippen LogP contribution in [0.25, 0.3) is 10.9 Å². The SMILES string of the molecule is CC1(CNC(=O)N2CCC(C3(C)[C@H](O)c4cc(Cl)cc5cnn3c45)CC2)CC1. The largest absolute Gasteiger partial charge is 0.386 e. The van der Waals surface area contributed by atoms with Gasteiger partial charge in [-0.05, 0) is 56.1 Å². The molecule has 2 fully saturated rings. The van der Waals surface area contributed by atoms with E-state index in [0.717, 1.165) is 35.9 Å². The van der Waals surface area contributed by atoms with Crippen molar-refractivity contribution in [3.8, 4) is 0 Å². The molecule has 1 aromatic heterocycles. The Morgan fingerprint density at radius 3 is 2.71 bits per heavy atom. The number of hydrogen-bond acceptors (Lipinski definition) is 3. The maximum atomic E-state index is 12.5. The third kappa shape index (κ3) is 2.65. The molecule has 28 heavy (non-hydrogen) atoms. The van der Waals surface area contributed by atoms with Crippen LogP contribution in [0.2, 0.25) is 5.02 Å². The number of amides is 2. The average molecular weight is 403 g/mol. The van der Waals surface area contributed by atoms with Gasteiger partial charge in [0.05, 0.1) is 17.3 Å². The Hall–Kier alpha value is -1.79. The van der Waals surface area contributed by atoms with Crippen molar-refractivity contribution in [1.29, 1.82) is 0 Å². The first-order chi connectivity index (χ1) is 13.3. The van der Waals surface area contributed by atoms with E-state index >= 15 is 0 Å². The summed E-state index contributed by atoms with van der Waals surface area (Å²) in [5, 5.41) is 20.5. The van der Waals surface area contributed by atoms with Gasteiger partial charge in [-0.25, -0.2) is 4.79 Å². The Kier molecular flexibility index (Phi) is 3.98. The number of aliphatic hydroxyl groups is 1. The Balaban J connectivity index is 1.31. The van der Waals surface area contributed by atoms with Crippen LogP contribution >= 0.6 is 11.6 Å². The molecule has 3 heterocycles. The first kappa shape index (κ1) is 18.3. The lowest BCUT2D eigenvalue weighted by atomic mass is 9.75. The van der Waals surface area contributed by atoms with Crippen LogP contribution in [-0.4, -0.2) is 45.5 Å². The number of piperidine rings is 1. The van der Waals surface area contributed by atoms with Gasteiger partial charge in [-0.3, -0.25) is 4.68 Å². The lowest BCUT2D eigenvalue weighted by Gasteiger charge is -2.42. The molecule has 0 radical (unpaired) electrons. The number of halogens is 1. The van der Waals surface area contributed by atoms with Crippen molar-refractivity contribution in [2.24, 2.45) is 11.3 Å². The van der Waals surface area contributed by atoms with Gasteiger partial charge in [0.1, 0.15) is 6.10 Å². The summed E-state index contributed by atoms with van der Waals surface area (Å²) >= 11 is 6.25. The molecular formula is C21H27ClN4O2. The Morgan fingerprint density at radius 1 is 1.32 bits per heavy atom. The van der Waals surface area contributed by atoms with Crippen LogP contribution in [0.3, 0.4) is 0 Å². The Labute approximate surface area is 169 Å². The molecule has 0 bridgehead atoms. The average Bonchev–Trinajstić information content (AvgIpc) is 3.20. The summed E-state index contributed by atoms with van der Waals surface area (Å²) in [6.07, 6.45) is 5.29. The van der Waals surface area contributed by atoms with E-state index in [0.29, 0.717) is 23.5 Å². The van der Waals surface area contributed by atoms with Crippen molar-refractivity contribution >= 4 is 28.5 Å². The Bertz CT molecular complexity index is 945. The second-order valence-electron chi connectivity index (χ2n) is 9.35. The van der Waals surface area contributed by atoms with Crippen LogP contribution in [-0.2, 0) is 5.54 Å². The standard InChI is InChI=1S/C21H27ClN4O2/c1-20(5-6-20)12-23-19(28)25-7-3-14(4-8-25)21(2)18(27)16-10-15(22)9-13-11-24-26(21)17(13)16/h9-11,14,18,27H,3-8,12H2,1-2H3,(H,23,28)/t18-,21?/m1/s1. The van der Waals surface area contributed by atoms with Gasteiger partial charge in [-0.2, -0.15) is 5.10 Å². The molecule has 1 aliphatic carbocycles. The molecular weight excluding hydrogens is 376 g/mol.